The summed E-state index contributed by atoms with van der Waals surface area (Å²) in [5, 5.41) is 13.0. The second-order valence-corrected chi connectivity index (χ2v) is 7.70. The van der Waals surface area contributed by atoms with Crippen LogP contribution in [0.5, 0.6) is 0 Å². The summed E-state index contributed by atoms with van der Waals surface area (Å²) in [5.74, 6) is -3.30. The highest BCUT2D eigenvalue weighted by Crippen LogP contribution is 2.40. The second kappa shape index (κ2) is 9.96. The Balaban J connectivity index is 2.02. The third-order valence-electron chi connectivity index (χ3n) is 4.90. The smallest absolute Gasteiger partial charge is 0.337 e. The lowest BCUT2D eigenvalue weighted by atomic mass is 9.78. The van der Waals surface area contributed by atoms with Crippen molar-refractivity contribution in [1.29, 1.82) is 5.26 Å². The molecule has 0 unspecified atom stereocenters. The number of nitrogens with one attached hydrogen (secondary N) is 1. The molecule has 2 aromatic rings. The predicted octanol–water partition coefficient (Wildman–Crippen LogP) is 3.14. The van der Waals surface area contributed by atoms with Gasteiger partial charge in [0.15, 0.2) is 0 Å². The van der Waals surface area contributed by atoms with Crippen molar-refractivity contribution in [2.24, 2.45) is 5.92 Å². The van der Waals surface area contributed by atoms with Crippen LogP contribution in [0.3, 0.4) is 0 Å². The van der Waals surface area contributed by atoms with Crippen LogP contribution < -0.4 is 5.32 Å². The van der Waals surface area contributed by atoms with Crippen LogP contribution in [0.15, 0.2) is 65.2 Å². The number of nitriles is 1. The van der Waals surface area contributed by atoms with Crippen molar-refractivity contribution in [2.75, 3.05) is 14.2 Å². The molecule has 31 heavy (non-hydrogen) atoms. The first-order valence-corrected chi connectivity index (χ1v) is 10.4. The molecular weight excluding hydrogens is 416 g/mol. The number of methoxy groups -OCH3 is 2. The number of ether oxygens (including phenoxy) is 2. The van der Waals surface area contributed by atoms with E-state index in [9.17, 15) is 19.6 Å². The Morgan fingerprint density at radius 1 is 1.06 bits per heavy atom. The van der Waals surface area contributed by atoms with E-state index in [0.717, 1.165) is 5.56 Å². The molecular formula is C23H20N2O5S. The minimum Gasteiger partial charge on any atom is -0.468 e. The number of allylic oxidation sites excluding steroid dienone is 1. The van der Waals surface area contributed by atoms with Crippen LogP contribution in [-0.4, -0.2) is 32.1 Å². The Labute approximate surface area is 184 Å². The van der Waals surface area contributed by atoms with E-state index < -0.39 is 29.7 Å². The number of thioether (sulfide) groups is 1. The first-order valence-electron chi connectivity index (χ1n) is 9.38. The molecule has 0 spiro atoms. The van der Waals surface area contributed by atoms with Gasteiger partial charge in [0.1, 0.15) is 5.92 Å². The van der Waals surface area contributed by atoms with Gasteiger partial charge in [0.2, 0.25) is 5.91 Å². The van der Waals surface area contributed by atoms with Crippen molar-refractivity contribution in [2.45, 2.75) is 11.7 Å². The minimum atomic E-state index is -1.22. The normalized spacial score (nSPS) is 18.0. The molecule has 0 aliphatic carbocycles. The highest BCUT2D eigenvalue weighted by atomic mass is 32.2. The first kappa shape index (κ1) is 22.1. The molecule has 0 aromatic heterocycles. The Hall–Kier alpha value is -3.57. The molecule has 1 heterocycles. The fourth-order valence-electron chi connectivity index (χ4n) is 3.35. The van der Waals surface area contributed by atoms with Crippen molar-refractivity contribution < 1.29 is 23.9 Å². The molecule has 0 fully saturated rings. The fourth-order valence-corrected chi connectivity index (χ4v) is 4.36. The number of benzene rings is 2. The van der Waals surface area contributed by atoms with E-state index in [0.29, 0.717) is 21.9 Å². The van der Waals surface area contributed by atoms with Crippen LogP contribution in [0.4, 0.5) is 0 Å². The fraction of sp³-hybridized carbons (Fsp3) is 0.217. The molecule has 0 radical (unpaired) electrons. The third kappa shape index (κ3) is 4.78. The molecule has 1 amide bonds. The number of amides is 1. The first-order chi connectivity index (χ1) is 15.0. The predicted molar refractivity (Wildman–Crippen MR) is 115 cm³/mol. The van der Waals surface area contributed by atoms with Gasteiger partial charge in [-0.25, -0.2) is 4.79 Å². The second-order valence-electron chi connectivity index (χ2n) is 6.71. The summed E-state index contributed by atoms with van der Waals surface area (Å²) in [6.07, 6.45) is 0. The lowest BCUT2D eigenvalue weighted by Gasteiger charge is -2.31. The zero-order valence-corrected chi connectivity index (χ0v) is 17.8. The topological polar surface area (TPSA) is 105 Å². The SMILES string of the molecule is COC(=O)c1ccc([C@@H]2C(C#N)=C(SCc3ccccc3)NC(=O)[C@H]2C(=O)OC)cc1. The van der Waals surface area contributed by atoms with E-state index in [1.807, 2.05) is 30.3 Å². The van der Waals surface area contributed by atoms with E-state index in [2.05, 4.69) is 11.4 Å². The van der Waals surface area contributed by atoms with Gasteiger partial charge >= 0.3 is 11.9 Å². The average Bonchev–Trinajstić information content (AvgIpc) is 2.82. The van der Waals surface area contributed by atoms with Crippen LogP contribution >= 0.6 is 11.8 Å². The Kier molecular flexibility index (Phi) is 7.11. The van der Waals surface area contributed by atoms with Crippen LogP contribution in [0.25, 0.3) is 0 Å². The number of hydrogen-bond donors (Lipinski definition) is 1. The van der Waals surface area contributed by atoms with Gasteiger partial charge in [0.05, 0.1) is 36.5 Å². The molecule has 2 aromatic carbocycles. The molecule has 158 valence electrons. The van der Waals surface area contributed by atoms with Crippen LogP contribution in [0.1, 0.15) is 27.4 Å². The Morgan fingerprint density at radius 3 is 2.32 bits per heavy atom. The van der Waals surface area contributed by atoms with Crippen molar-refractivity contribution >= 4 is 29.6 Å². The van der Waals surface area contributed by atoms with Crippen LogP contribution in [0.2, 0.25) is 0 Å². The number of carbonyl (C=O) groups is 3. The number of hydrogen-bond acceptors (Lipinski definition) is 7. The van der Waals surface area contributed by atoms with Crippen LogP contribution in [0, 0.1) is 17.2 Å². The van der Waals surface area contributed by atoms with Gasteiger partial charge in [-0.2, -0.15) is 5.26 Å². The van der Waals surface area contributed by atoms with E-state index in [4.69, 9.17) is 9.47 Å². The molecule has 1 aliphatic heterocycles. The molecule has 0 saturated carbocycles. The van der Waals surface area contributed by atoms with Crippen molar-refractivity contribution in [1.82, 2.24) is 5.32 Å². The molecule has 0 bridgehead atoms. The van der Waals surface area contributed by atoms with Gasteiger partial charge in [-0.15, -0.1) is 11.8 Å². The third-order valence-corrected chi connectivity index (χ3v) is 5.99. The van der Waals surface area contributed by atoms with E-state index >= 15 is 0 Å². The van der Waals surface area contributed by atoms with Gasteiger partial charge < -0.3 is 14.8 Å². The number of carbonyl (C=O) groups excluding carboxylic acids is 3. The number of rotatable bonds is 6. The summed E-state index contributed by atoms with van der Waals surface area (Å²) in [5.41, 5.74) is 2.16. The summed E-state index contributed by atoms with van der Waals surface area (Å²) in [7, 11) is 2.48. The zero-order chi connectivity index (χ0) is 22.4. The largest absolute Gasteiger partial charge is 0.468 e. The summed E-state index contributed by atoms with van der Waals surface area (Å²) in [6, 6.07) is 18.1. The standard InChI is InChI=1S/C23H20N2O5S/c1-29-22(27)16-10-8-15(9-11-16)18-17(12-24)21(25-20(26)19(18)23(28)30-2)31-13-14-6-4-3-5-7-14/h3-11,18-19H,13H2,1-2H3,(H,25,26)/t18-,19+/m1/s1. The van der Waals surface area contributed by atoms with Gasteiger partial charge in [-0.3, -0.25) is 9.59 Å². The maximum atomic E-state index is 12.8. The molecule has 1 N–H and O–H groups in total. The van der Waals surface area contributed by atoms with Gasteiger partial charge in [0.25, 0.3) is 0 Å². The summed E-state index contributed by atoms with van der Waals surface area (Å²) in [4.78, 5) is 37.0. The van der Waals surface area contributed by atoms with Crippen molar-refractivity contribution in [3.63, 3.8) is 0 Å². The Morgan fingerprint density at radius 2 is 1.74 bits per heavy atom. The van der Waals surface area contributed by atoms with Gasteiger partial charge in [-0.1, -0.05) is 42.5 Å². The van der Waals surface area contributed by atoms with E-state index in [1.54, 1.807) is 12.1 Å². The lowest BCUT2D eigenvalue weighted by Crippen LogP contribution is -2.44. The molecule has 2 atom stereocenters. The van der Waals surface area contributed by atoms with Crippen LogP contribution in [-0.2, 0) is 24.8 Å². The summed E-state index contributed by atoms with van der Waals surface area (Å²) in [6.45, 7) is 0. The average molecular weight is 436 g/mol. The maximum absolute atomic E-state index is 12.8. The van der Waals surface area contributed by atoms with Crippen molar-refractivity contribution in [3.8, 4) is 6.07 Å². The molecule has 0 saturated heterocycles. The minimum absolute atomic E-state index is 0.266. The molecule has 8 heteroatoms. The number of esters is 2. The monoisotopic (exact) mass is 436 g/mol. The Bertz CT molecular complexity index is 1060. The highest BCUT2D eigenvalue weighted by molar-refractivity contribution is 8.02. The van der Waals surface area contributed by atoms with Gasteiger partial charge in [0, 0.05) is 11.7 Å². The summed E-state index contributed by atoms with van der Waals surface area (Å²) >= 11 is 1.32. The van der Waals surface area contributed by atoms with E-state index in [-0.39, 0.29) is 5.57 Å². The highest BCUT2D eigenvalue weighted by Gasteiger charge is 2.44. The quantitative estimate of drug-likeness (QED) is 0.548. The van der Waals surface area contributed by atoms with E-state index in [1.165, 1.54) is 38.1 Å². The molecule has 7 nitrogen and oxygen atoms in total. The molecule has 1 aliphatic rings. The lowest BCUT2D eigenvalue weighted by molar-refractivity contribution is -0.150. The summed E-state index contributed by atoms with van der Waals surface area (Å²) < 4.78 is 9.54. The molecule has 3 rings (SSSR count). The van der Waals surface area contributed by atoms with Gasteiger partial charge in [-0.05, 0) is 23.3 Å². The maximum Gasteiger partial charge on any atom is 0.337 e. The zero-order valence-electron chi connectivity index (χ0n) is 17.0. The number of nitrogens with zero attached hydrogens (tertiary/aromatic N) is 1. The van der Waals surface area contributed by atoms with Crippen molar-refractivity contribution in [3.05, 3.63) is 81.9 Å².